The van der Waals surface area contributed by atoms with Gasteiger partial charge < -0.3 is 28.7 Å². The van der Waals surface area contributed by atoms with Crippen LogP contribution in [0.1, 0.15) is 35.2 Å². The summed E-state index contributed by atoms with van der Waals surface area (Å²) < 4.78 is 55.7. The molecule has 1 aromatic heterocycles. The summed E-state index contributed by atoms with van der Waals surface area (Å²) in [7, 11) is 1.52. The number of aromatic nitrogens is 1. The van der Waals surface area contributed by atoms with Crippen LogP contribution < -0.4 is 24.9 Å². The lowest BCUT2D eigenvalue weighted by molar-refractivity contribution is -0.274. The van der Waals surface area contributed by atoms with E-state index in [1.165, 1.54) is 25.3 Å². The number of fused-ring (bicyclic) bond motifs is 1. The molecule has 212 valence electrons. The molecule has 40 heavy (non-hydrogen) atoms. The number of nitrogens with zero attached hydrogens (tertiary/aromatic N) is 1. The average molecular weight is 579 g/mol. The Labute approximate surface area is 232 Å². The van der Waals surface area contributed by atoms with E-state index in [1.807, 2.05) is 24.5 Å². The summed E-state index contributed by atoms with van der Waals surface area (Å²) in [4.78, 5) is 16.1. The summed E-state index contributed by atoms with van der Waals surface area (Å²) >= 11 is 6.46. The first kappa shape index (κ1) is 28.9. The Morgan fingerprint density at radius 2 is 1.77 bits per heavy atom. The Morgan fingerprint density at radius 3 is 2.42 bits per heavy atom. The van der Waals surface area contributed by atoms with E-state index in [9.17, 15) is 18.0 Å². The highest BCUT2D eigenvalue weighted by molar-refractivity contribution is 6.31. The predicted octanol–water partition coefficient (Wildman–Crippen LogP) is 6.43. The third kappa shape index (κ3) is 6.21. The summed E-state index contributed by atoms with van der Waals surface area (Å²) in [5.74, 6) is 4.95. The molecular formula is C28H26ClF3N2O6. The monoisotopic (exact) mass is 578 g/mol. The number of ether oxygens (including phenoxy) is 3. The Hall–Kier alpha value is -4.09. The predicted molar refractivity (Wildman–Crippen MR) is 142 cm³/mol. The van der Waals surface area contributed by atoms with Gasteiger partial charge in [-0.3, -0.25) is 0 Å². The van der Waals surface area contributed by atoms with Crippen molar-refractivity contribution in [3.63, 3.8) is 0 Å². The molecule has 3 N–H and O–H groups in total. The van der Waals surface area contributed by atoms with Gasteiger partial charge in [-0.25, -0.2) is 4.79 Å². The van der Waals surface area contributed by atoms with Crippen LogP contribution in [0.5, 0.6) is 23.0 Å². The van der Waals surface area contributed by atoms with Gasteiger partial charge in [0, 0.05) is 46.3 Å². The number of alkyl halides is 3. The maximum atomic E-state index is 13.1. The zero-order valence-electron chi connectivity index (χ0n) is 21.7. The van der Waals surface area contributed by atoms with Gasteiger partial charge in [0.2, 0.25) is 0 Å². The van der Waals surface area contributed by atoms with Crippen molar-refractivity contribution in [1.29, 1.82) is 0 Å². The van der Waals surface area contributed by atoms with Crippen LogP contribution in [0, 0.1) is 6.92 Å². The molecule has 1 unspecified atom stereocenters. The van der Waals surface area contributed by atoms with Gasteiger partial charge in [0.15, 0.2) is 12.4 Å². The fourth-order valence-electron chi connectivity index (χ4n) is 4.77. The van der Waals surface area contributed by atoms with Crippen LogP contribution in [-0.2, 0) is 11.3 Å². The molecule has 3 aromatic carbocycles. The minimum absolute atomic E-state index is 0.149. The second-order valence-electron chi connectivity index (χ2n) is 8.99. The van der Waals surface area contributed by atoms with Gasteiger partial charge in [-0.05, 0) is 54.4 Å². The maximum absolute atomic E-state index is 13.1. The molecule has 8 nitrogen and oxygen atoms in total. The first-order valence-electron chi connectivity index (χ1n) is 12.0. The van der Waals surface area contributed by atoms with Crippen LogP contribution in [0.4, 0.5) is 13.2 Å². The van der Waals surface area contributed by atoms with Crippen molar-refractivity contribution in [2.24, 2.45) is 5.90 Å². The SMILES string of the molecule is COc1ccc(C(C)c2c(C)n(Cc3cc(OCC(=O)O)ccc3Cl)c3cc(OC(F)(F)F)ccc23)c(ON)c1. The lowest BCUT2D eigenvalue weighted by Gasteiger charge is -2.18. The number of benzene rings is 3. The van der Waals surface area contributed by atoms with E-state index in [0.717, 1.165) is 16.8 Å². The van der Waals surface area contributed by atoms with Crippen molar-refractivity contribution >= 4 is 28.5 Å². The van der Waals surface area contributed by atoms with Crippen molar-refractivity contribution in [3.8, 4) is 23.0 Å². The molecule has 1 atom stereocenters. The summed E-state index contributed by atoms with van der Waals surface area (Å²) in [6.45, 7) is 3.39. The van der Waals surface area contributed by atoms with Crippen molar-refractivity contribution in [2.45, 2.75) is 32.7 Å². The van der Waals surface area contributed by atoms with Crippen LogP contribution in [0.15, 0.2) is 54.6 Å². The number of aliphatic carboxylic acids is 1. The first-order chi connectivity index (χ1) is 18.9. The smallest absolute Gasteiger partial charge is 0.497 e. The number of rotatable bonds is 10. The molecule has 0 saturated carbocycles. The van der Waals surface area contributed by atoms with Gasteiger partial charge in [0.05, 0.1) is 12.6 Å². The highest BCUT2D eigenvalue weighted by Crippen LogP contribution is 2.41. The topological polar surface area (TPSA) is 105 Å². The minimum atomic E-state index is -4.87. The Kier molecular flexibility index (Phi) is 8.36. The van der Waals surface area contributed by atoms with E-state index < -0.39 is 18.9 Å². The van der Waals surface area contributed by atoms with Crippen molar-refractivity contribution in [2.75, 3.05) is 13.7 Å². The molecule has 1 heterocycles. The Morgan fingerprint density at radius 1 is 1.07 bits per heavy atom. The third-order valence-corrected chi connectivity index (χ3v) is 6.90. The standard InChI is InChI=1S/C28H26ClF3N2O6/c1-15(21-7-4-18(37-3)12-25(21)40-33)27-16(2)34(24-11-20(5-8-22(24)27)39-28(30,31)32)13-17-10-19(6-9-23(17)29)38-14-26(35)36/h4-12,15H,13-14,33H2,1-3H3,(H,35,36). The Bertz CT molecular complexity index is 1550. The van der Waals surface area contributed by atoms with Crippen LogP contribution in [0.2, 0.25) is 5.02 Å². The number of carbonyl (C=O) groups is 1. The number of nitrogens with two attached hydrogens (primary N) is 1. The molecule has 0 aliphatic rings. The van der Waals surface area contributed by atoms with Gasteiger partial charge in [-0.2, -0.15) is 5.90 Å². The van der Waals surface area contributed by atoms with Gasteiger partial charge in [-0.15, -0.1) is 13.2 Å². The van der Waals surface area contributed by atoms with Gasteiger partial charge in [-0.1, -0.05) is 24.6 Å². The number of hydrogen-bond acceptors (Lipinski definition) is 6. The van der Waals surface area contributed by atoms with E-state index in [-0.39, 0.29) is 24.0 Å². The molecule has 0 amide bonds. The van der Waals surface area contributed by atoms with Crippen LogP contribution >= 0.6 is 11.6 Å². The van der Waals surface area contributed by atoms with E-state index in [1.54, 1.807) is 30.3 Å². The van der Waals surface area contributed by atoms with Gasteiger partial charge in [0.1, 0.15) is 17.2 Å². The number of carboxylic acids is 1. The molecule has 0 fully saturated rings. The second kappa shape index (κ2) is 11.6. The van der Waals surface area contributed by atoms with Crippen LogP contribution in [0.3, 0.4) is 0 Å². The molecule has 4 aromatic rings. The molecule has 0 radical (unpaired) electrons. The molecule has 12 heteroatoms. The Balaban J connectivity index is 1.87. The van der Waals surface area contributed by atoms with E-state index >= 15 is 0 Å². The van der Waals surface area contributed by atoms with E-state index in [4.69, 9.17) is 36.9 Å². The lowest BCUT2D eigenvalue weighted by atomic mass is 9.90. The summed E-state index contributed by atoms with van der Waals surface area (Å²) in [6.07, 6.45) is -4.87. The molecule has 0 bridgehead atoms. The second-order valence-corrected chi connectivity index (χ2v) is 9.40. The van der Waals surface area contributed by atoms with Crippen LogP contribution in [-0.4, -0.2) is 35.7 Å². The summed E-state index contributed by atoms with van der Waals surface area (Å²) in [6, 6.07) is 14.1. The molecule has 0 aliphatic carbocycles. The zero-order chi connectivity index (χ0) is 29.2. The zero-order valence-corrected chi connectivity index (χ0v) is 22.5. The number of hydrogen-bond donors (Lipinski definition) is 2. The summed E-state index contributed by atoms with van der Waals surface area (Å²) in [5.41, 5.74) is 3.35. The molecule has 0 spiro atoms. The first-order valence-corrected chi connectivity index (χ1v) is 12.4. The van der Waals surface area contributed by atoms with Crippen molar-refractivity contribution in [1.82, 2.24) is 4.57 Å². The molecular weight excluding hydrogens is 553 g/mol. The van der Waals surface area contributed by atoms with Gasteiger partial charge in [0.25, 0.3) is 0 Å². The number of halogens is 4. The number of carboxylic acid groups (broad SMARTS) is 1. The number of methoxy groups -OCH3 is 1. The minimum Gasteiger partial charge on any atom is -0.497 e. The van der Waals surface area contributed by atoms with E-state index in [2.05, 4.69) is 4.74 Å². The van der Waals surface area contributed by atoms with Crippen molar-refractivity contribution in [3.05, 3.63) is 82.0 Å². The highest BCUT2D eigenvalue weighted by Gasteiger charge is 2.32. The average Bonchev–Trinajstić information content (AvgIpc) is 3.17. The quantitative estimate of drug-likeness (QED) is 0.209. The summed E-state index contributed by atoms with van der Waals surface area (Å²) in [5, 5.41) is 10.00. The highest BCUT2D eigenvalue weighted by atomic mass is 35.5. The third-order valence-electron chi connectivity index (χ3n) is 6.53. The molecule has 4 rings (SSSR count). The fraction of sp³-hybridized carbons (Fsp3) is 0.250. The fourth-order valence-corrected chi connectivity index (χ4v) is 4.94. The lowest BCUT2D eigenvalue weighted by Crippen LogP contribution is -2.17. The molecule has 0 saturated heterocycles. The van der Waals surface area contributed by atoms with Gasteiger partial charge >= 0.3 is 12.3 Å². The van der Waals surface area contributed by atoms with Crippen LogP contribution in [0.25, 0.3) is 10.9 Å². The largest absolute Gasteiger partial charge is 0.573 e. The normalized spacial score (nSPS) is 12.3. The van der Waals surface area contributed by atoms with E-state index in [0.29, 0.717) is 33.0 Å². The molecule has 0 aliphatic heterocycles. The maximum Gasteiger partial charge on any atom is 0.573 e. The van der Waals surface area contributed by atoms with Crippen molar-refractivity contribution < 1.29 is 42.1 Å².